The lowest BCUT2D eigenvalue weighted by atomic mass is 9.97. The monoisotopic (exact) mass is 359 g/mol. The molecule has 0 radical (unpaired) electrons. The van der Waals surface area contributed by atoms with Crippen LogP contribution in [0.4, 0.5) is 0 Å². The zero-order chi connectivity index (χ0) is 18.2. The summed E-state index contributed by atoms with van der Waals surface area (Å²) in [6, 6.07) is 13.7. The van der Waals surface area contributed by atoms with Gasteiger partial charge in [0, 0.05) is 11.4 Å². The normalized spacial score (nSPS) is 11.8. The van der Waals surface area contributed by atoms with Crippen molar-refractivity contribution in [3.05, 3.63) is 64.2 Å². The quantitative estimate of drug-likeness (QED) is 0.642. The van der Waals surface area contributed by atoms with Crippen molar-refractivity contribution in [2.75, 3.05) is 6.61 Å². The maximum Gasteiger partial charge on any atom is 0.220 e. The largest absolute Gasteiger partial charge is 0.494 e. The number of ether oxygens (including phenoxy) is 1. The molecule has 0 bridgehead atoms. The summed E-state index contributed by atoms with van der Waals surface area (Å²) in [4.78, 5) is 12.2. The van der Waals surface area contributed by atoms with E-state index in [1.807, 2.05) is 12.1 Å². The average molecular weight is 360 g/mol. The number of nitrogens with one attached hydrogen (secondary N) is 1. The highest BCUT2D eigenvalue weighted by molar-refractivity contribution is 6.30. The van der Waals surface area contributed by atoms with Gasteiger partial charge in [0.05, 0.1) is 12.6 Å². The minimum absolute atomic E-state index is 0.0604. The zero-order valence-electron chi connectivity index (χ0n) is 15.1. The van der Waals surface area contributed by atoms with Crippen molar-refractivity contribution < 1.29 is 9.53 Å². The van der Waals surface area contributed by atoms with Crippen LogP contribution >= 0.6 is 11.6 Å². The van der Waals surface area contributed by atoms with Crippen LogP contribution in [0.5, 0.6) is 5.75 Å². The first-order valence-corrected chi connectivity index (χ1v) is 9.12. The zero-order valence-corrected chi connectivity index (χ0v) is 15.9. The van der Waals surface area contributed by atoms with Crippen LogP contribution in [-0.2, 0) is 4.79 Å². The summed E-state index contributed by atoms with van der Waals surface area (Å²) in [7, 11) is 0. The molecule has 2 rings (SSSR count). The van der Waals surface area contributed by atoms with E-state index in [-0.39, 0.29) is 11.9 Å². The second kappa shape index (κ2) is 9.47. The third-order valence-corrected chi connectivity index (χ3v) is 4.43. The smallest absolute Gasteiger partial charge is 0.220 e. The molecular formula is C21H26ClNO2. The van der Waals surface area contributed by atoms with Crippen molar-refractivity contribution in [3.63, 3.8) is 0 Å². The lowest BCUT2D eigenvalue weighted by molar-refractivity contribution is -0.122. The number of rotatable bonds is 8. The molecule has 4 heteroatoms. The highest BCUT2D eigenvalue weighted by Gasteiger charge is 2.14. The Morgan fingerprint density at radius 1 is 1.16 bits per heavy atom. The number of hydrogen-bond acceptors (Lipinski definition) is 2. The Morgan fingerprint density at radius 3 is 2.52 bits per heavy atom. The van der Waals surface area contributed by atoms with Gasteiger partial charge in [0.25, 0.3) is 0 Å². The van der Waals surface area contributed by atoms with Gasteiger partial charge >= 0.3 is 0 Å². The lowest BCUT2D eigenvalue weighted by Crippen LogP contribution is -2.28. The number of halogens is 1. The molecule has 0 fully saturated rings. The fraction of sp³-hybridized carbons (Fsp3) is 0.381. The molecule has 25 heavy (non-hydrogen) atoms. The number of benzene rings is 2. The summed E-state index contributed by atoms with van der Waals surface area (Å²) < 4.78 is 5.62. The highest BCUT2D eigenvalue weighted by Crippen LogP contribution is 2.22. The van der Waals surface area contributed by atoms with E-state index in [4.69, 9.17) is 16.3 Å². The maximum atomic E-state index is 12.2. The third-order valence-electron chi connectivity index (χ3n) is 4.17. The van der Waals surface area contributed by atoms with Gasteiger partial charge in [0.15, 0.2) is 0 Å². The van der Waals surface area contributed by atoms with Crippen LogP contribution in [0, 0.1) is 13.8 Å². The molecule has 0 saturated heterocycles. The molecule has 0 aliphatic heterocycles. The molecule has 1 N–H and O–H groups in total. The Bertz CT molecular complexity index is 698. The summed E-state index contributed by atoms with van der Waals surface area (Å²) in [5, 5.41) is 3.82. The summed E-state index contributed by atoms with van der Waals surface area (Å²) in [6.45, 7) is 6.78. The summed E-state index contributed by atoms with van der Waals surface area (Å²) >= 11 is 5.84. The average Bonchev–Trinajstić information content (AvgIpc) is 2.58. The first-order valence-electron chi connectivity index (χ1n) is 8.74. The standard InChI is InChI=1S/C21H26ClNO2/c1-4-20(19-12-7-15(2)14-16(19)3)23-21(24)6-5-13-25-18-10-8-17(22)9-11-18/h7-12,14,20H,4-6,13H2,1-3H3,(H,23,24). The van der Waals surface area contributed by atoms with Gasteiger partial charge in [-0.05, 0) is 62.1 Å². The number of carbonyl (C=O) groups is 1. The molecule has 134 valence electrons. The van der Waals surface area contributed by atoms with Crippen LogP contribution in [0.25, 0.3) is 0 Å². The Balaban J connectivity index is 1.79. The van der Waals surface area contributed by atoms with E-state index in [2.05, 4.69) is 44.3 Å². The Morgan fingerprint density at radius 2 is 1.88 bits per heavy atom. The molecular weight excluding hydrogens is 334 g/mol. The van der Waals surface area contributed by atoms with Crippen molar-refractivity contribution in [2.45, 2.75) is 46.1 Å². The van der Waals surface area contributed by atoms with Gasteiger partial charge in [-0.1, -0.05) is 42.3 Å². The molecule has 0 saturated carbocycles. The lowest BCUT2D eigenvalue weighted by Gasteiger charge is -2.20. The third kappa shape index (κ3) is 6.09. The van der Waals surface area contributed by atoms with Crippen LogP contribution in [0.2, 0.25) is 5.02 Å². The van der Waals surface area contributed by atoms with Gasteiger partial charge in [-0.2, -0.15) is 0 Å². The summed E-state index contributed by atoms with van der Waals surface area (Å²) in [6.07, 6.45) is 2.00. The minimum atomic E-state index is 0.0604. The predicted octanol–water partition coefficient (Wildman–Crippen LogP) is 5.38. The molecule has 1 atom stereocenters. The number of aryl methyl sites for hydroxylation is 2. The van der Waals surface area contributed by atoms with E-state index in [1.54, 1.807) is 12.1 Å². The molecule has 1 amide bonds. The van der Waals surface area contributed by atoms with E-state index in [0.717, 1.165) is 12.2 Å². The molecule has 3 nitrogen and oxygen atoms in total. The van der Waals surface area contributed by atoms with Gasteiger partial charge in [-0.3, -0.25) is 4.79 Å². The highest BCUT2D eigenvalue weighted by atomic mass is 35.5. The van der Waals surface area contributed by atoms with E-state index in [1.165, 1.54) is 16.7 Å². The first kappa shape index (κ1) is 19.3. The fourth-order valence-corrected chi connectivity index (χ4v) is 2.96. The Kier molecular flexibility index (Phi) is 7.32. The van der Waals surface area contributed by atoms with E-state index in [0.29, 0.717) is 24.5 Å². The van der Waals surface area contributed by atoms with E-state index in [9.17, 15) is 4.79 Å². The Labute approximate surface area is 155 Å². The molecule has 2 aromatic carbocycles. The van der Waals surface area contributed by atoms with E-state index >= 15 is 0 Å². The Hall–Kier alpha value is -2.00. The molecule has 0 aliphatic carbocycles. The summed E-state index contributed by atoms with van der Waals surface area (Å²) in [5.41, 5.74) is 3.65. The van der Waals surface area contributed by atoms with Crippen LogP contribution in [0.1, 0.15) is 48.9 Å². The van der Waals surface area contributed by atoms with Gasteiger partial charge in [0.2, 0.25) is 5.91 Å². The van der Waals surface area contributed by atoms with Crippen molar-refractivity contribution in [1.82, 2.24) is 5.32 Å². The van der Waals surface area contributed by atoms with Crippen molar-refractivity contribution in [1.29, 1.82) is 0 Å². The molecule has 0 spiro atoms. The molecule has 0 aliphatic rings. The van der Waals surface area contributed by atoms with Crippen LogP contribution < -0.4 is 10.1 Å². The minimum Gasteiger partial charge on any atom is -0.494 e. The van der Waals surface area contributed by atoms with Gasteiger partial charge in [-0.25, -0.2) is 0 Å². The number of amides is 1. The first-order chi connectivity index (χ1) is 12.0. The second-order valence-corrected chi connectivity index (χ2v) is 6.73. The van der Waals surface area contributed by atoms with Crippen LogP contribution in [-0.4, -0.2) is 12.5 Å². The maximum absolute atomic E-state index is 12.2. The van der Waals surface area contributed by atoms with Crippen molar-refractivity contribution in [3.8, 4) is 5.75 Å². The van der Waals surface area contributed by atoms with Gasteiger partial charge in [0.1, 0.15) is 5.75 Å². The topological polar surface area (TPSA) is 38.3 Å². The van der Waals surface area contributed by atoms with Crippen molar-refractivity contribution in [2.24, 2.45) is 0 Å². The van der Waals surface area contributed by atoms with Crippen molar-refractivity contribution >= 4 is 17.5 Å². The van der Waals surface area contributed by atoms with Gasteiger partial charge in [-0.15, -0.1) is 0 Å². The predicted molar refractivity (Wildman–Crippen MR) is 103 cm³/mol. The van der Waals surface area contributed by atoms with E-state index < -0.39 is 0 Å². The molecule has 0 aromatic heterocycles. The molecule has 1 unspecified atom stereocenters. The van der Waals surface area contributed by atoms with Crippen LogP contribution in [0.3, 0.4) is 0 Å². The SMILES string of the molecule is CCC(NC(=O)CCCOc1ccc(Cl)cc1)c1ccc(C)cc1C. The molecule has 2 aromatic rings. The van der Waals surface area contributed by atoms with Gasteiger partial charge < -0.3 is 10.1 Å². The van der Waals surface area contributed by atoms with Crippen LogP contribution in [0.15, 0.2) is 42.5 Å². The number of carbonyl (C=O) groups excluding carboxylic acids is 1. The fourth-order valence-electron chi connectivity index (χ4n) is 2.84. The summed E-state index contributed by atoms with van der Waals surface area (Å²) in [5.74, 6) is 0.832. The second-order valence-electron chi connectivity index (χ2n) is 6.29. The molecule has 0 heterocycles. The number of hydrogen-bond donors (Lipinski definition) is 1.